The number of hydrogen-bond acceptors (Lipinski definition) is 5. The topological polar surface area (TPSA) is 77.1 Å². The fourth-order valence-electron chi connectivity index (χ4n) is 3.79. The quantitative estimate of drug-likeness (QED) is 0.733. The molecule has 4 rings (SSSR count). The second-order valence-electron chi connectivity index (χ2n) is 7.31. The Hall–Kier alpha value is -2.72. The maximum atomic E-state index is 13.1. The highest BCUT2D eigenvalue weighted by Crippen LogP contribution is 2.20. The van der Waals surface area contributed by atoms with Gasteiger partial charge in [-0.2, -0.15) is 4.31 Å². The Morgan fingerprint density at radius 3 is 1.90 bits per heavy atom. The number of aromatic nitrogens is 1. The van der Waals surface area contributed by atoms with E-state index in [-0.39, 0.29) is 24.0 Å². The number of benzene rings is 1. The second kappa shape index (κ2) is 8.57. The smallest absolute Gasteiger partial charge is 0.320 e. The molecule has 1 aromatic heterocycles. The lowest BCUT2D eigenvalue weighted by Crippen LogP contribution is -2.57. The number of urea groups is 1. The third-order valence-corrected chi connectivity index (χ3v) is 7.45. The number of pyridine rings is 1. The molecule has 30 heavy (non-hydrogen) atoms. The van der Waals surface area contributed by atoms with E-state index in [9.17, 15) is 17.6 Å². The summed E-state index contributed by atoms with van der Waals surface area (Å²) in [6, 6.07) is 8.67. The number of amides is 2. The van der Waals surface area contributed by atoms with Gasteiger partial charge in [-0.1, -0.05) is 0 Å². The molecule has 2 fully saturated rings. The van der Waals surface area contributed by atoms with Gasteiger partial charge in [0.1, 0.15) is 5.82 Å². The summed E-state index contributed by atoms with van der Waals surface area (Å²) in [6.45, 7) is 3.85. The lowest BCUT2D eigenvalue weighted by Gasteiger charge is -2.40. The molecule has 0 bridgehead atoms. The first-order chi connectivity index (χ1) is 14.4. The number of carbonyl (C=O) groups excluding carboxylic acids is 1. The van der Waals surface area contributed by atoms with Gasteiger partial charge in [-0.25, -0.2) is 17.6 Å². The molecule has 8 nitrogen and oxygen atoms in total. The van der Waals surface area contributed by atoms with Crippen molar-refractivity contribution in [1.29, 1.82) is 0 Å². The van der Waals surface area contributed by atoms with E-state index in [0.29, 0.717) is 26.2 Å². The molecule has 0 unspecified atom stereocenters. The van der Waals surface area contributed by atoms with Crippen LogP contribution >= 0.6 is 0 Å². The summed E-state index contributed by atoms with van der Waals surface area (Å²) in [4.78, 5) is 22.7. The fourth-order valence-corrected chi connectivity index (χ4v) is 5.21. The van der Waals surface area contributed by atoms with E-state index >= 15 is 0 Å². The van der Waals surface area contributed by atoms with Crippen LogP contribution in [-0.4, -0.2) is 85.9 Å². The predicted molar refractivity (Wildman–Crippen MR) is 110 cm³/mol. The molecule has 1 aromatic carbocycles. The predicted octanol–water partition coefficient (Wildman–Crippen LogP) is 1.47. The van der Waals surface area contributed by atoms with Crippen LogP contribution in [0.5, 0.6) is 0 Å². The number of rotatable bonds is 3. The Labute approximate surface area is 175 Å². The van der Waals surface area contributed by atoms with Crippen molar-refractivity contribution in [1.82, 2.24) is 19.1 Å². The van der Waals surface area contributed by atoms with Gasteiger partial charge in [0.05, 0.1) is 4.90 Å². The maximum absolute atomic E-state index is 13.1. The number of halogens is 1. The molecule has 2 aliphatic rings. The number of nitrogens with zero attached hydrogens (tertiary/aromatic N) is 5. The van der Waals surface area contributed by atoms with Crippen LogP contribution in [0.2, 0.25) is 0 Å². The molecule has 0 spiro atoms. The van der Waals surface area contributed by atoms with Crippen molar-refractivity contribution in [3.05, 3.63) is 54.6 Å². The SMILES string of the molecule is O=C(N1CCN(c2ccncc2)CC1)N1CCN(S(=O)(=O)c2ccc(F)cc2)CC1. The van der Waals surface area contributed by atoms with Gasteiger partial charge in [0.25, 0.3) is 0 Å². The molecule has 2 aromatic rings. The molecule has 2 aliphatic heterocycles. The molecule has 2 amide bonds. The van der Waals surface area contributed by atoms with Gasteiger partial charge in [0.15, 0.2) is 0 Å². The highest BCUT2D eigenvalue weighted by Gasteiger charge is 2.32. The molecule has 0 atom stereocenters. The fraction of sp³-hybridized carbons (Fsp3) is 0.400. The van der Waals surface area contributed by atoms with Crippen LogP contribution in [0.4, 0.5) is 14.9 Å². The zero-order valence-corrected chi connectivity index (χ0v) is 17.3. The summed E-state index contributed by atoms with van der Waals surface area (Å²) in [5.41, 5.74) is 1.09. The number of hydrogen-bond donors (Lipinski definition) is 0. The summed E-state index contributed by atoms with van der Waals surface area (Å²) in [5, 5.41) is 0. The Bertz CT molecular complexity index is 971. The van der Waals surface area contributed by atoms with E-state index in [1.807, 2.05) is 17.0 Å². The maximum Gasteiger partial charge on any atom is 0.320 e. The highest BCUT2D eigenvalue weighted by molar-refractivity contribution is 7.89. The Morgan fingerprint density at radius 1 is 0.800 bits per heavy atom. The van der Waals surface area contributed by atoms with E-state index in [4.69, 9.17) is 0 Å². The number of anilines is 1. The molecule has 2 saturated heterocycles. The molecule has 3 heterocycles. The lowest BCUT2D eigenvalue weighted by molar-refractivity contribution is 0.132. The van der Waals surface area contributed by atoms with E-state index in [1.54, 1.807) is 17.3 Å². The number of carbonyl (C=O) groups is 1. The Balaban J connectivity index is 1.31. The monoisotopic (exact) mass is 433 g/mol. The van der Waals surface area contributed by atoms with E-state index < -0.39 is 15.8 Å². The van der Waals surface area contributed by atoms with Gasteiger partial charge in [-0.15, -0.1) is 0 Å². The summed E-state index contributed by atoms with van der Waals surface area (Å²) in [6.07, 6.45) is 3.51. The van der Waals surface area contributed by atoms with Crippen molar-refractivity contribution in [3.63, 3.8) is 0 Å². The van der Waals surface area contributed by atoms with Gasteiger partial charge in [-0.05, 0) is 36.4 Å². The van der Waals surface area contributed by atoms with Crippen molar-refractivity contribution < 1.29 is 17.6 Å². The van der Waals surface area contributed by atoms with Gasteiger partial charge >= 0.3 is 6.03 Å². The first-order valence-electron chi connectivity index (χ1n) is 9.90. The Kier molecular flexibility index (Phi) is 5.87. The summed E-state index contributed by atoms with van der Waals surface area (Å²) in [5.74, 6) is -0.478. The van der Waals surface area contributed by atoms with Gasteiger partial charge < -0.3 is 14.7 Å². The van der Waals surface area contributed by atoms with Crippen LogP contribution < -0.4 is 4.90 Å². The molecule has 0 aliphatic carbocycles. The average Bonchev–Trinajstić information content (AvgIpc) is 2.80. The van der Waals surface area contributed by atoms with Crippen molar-refractivity contribution >= 4 is 21.7 Å². The molecule has 0 saturated carbocycles. The minimum absolute atomic E-state index is 0.0526. The van der Waals surface area contributed by atoms with E-state index in [1.165, 1.54) is 16.4 Å². The third kappa shape index (κ3) is 4.24. The second-order valence-corrected chi connectivity index (χ2v) is 9.25. The van der Waals surface area contributed by atoms with Crippen LogP contribution in [0.25, 0.3) is 0 Å². The molecular formula is C20H24FN5O3S. The molecule has 0 radical (unpaired) electrons. The first-order valence-corrected chi connectivity index (χ1v) is 11.3. The number of piperazine rings is 2. The van der Waals surface area contributed by atoms with Crippen LogP contribution in [0, 0.1) is 5.82 Å². The van der Waals surface area contributed by atoms with Crippen LogP contribution in [-0.2, 0) is 10.0 Å². The minimum atomic E-state index is -3.69. The molecule has 0 N–H and O–H groups in total. The van der Waals surface area contributed by atoms with Gasteiger partial charge in [-0.3, -0.25) is 4.98 Å². The van der Waals surface area contributed by atoms with Crippen LogP contribution in [0.3, 0.4) is 0 Å². The van der Waals surface area contributed by atoms with Crippen molar-refractivity contribution in [2.45, 2.75) is 4.90 Å². The number of sulfonamides is 1. The van der Waals surface area contributed by atoms with E-state index in [0.717, 1.165) is 30.9 Å². The van der Waals surface area contributed by atoms with Crippen LogP contribution in [0.1, 0.15) is 0 Å². The summed E-state index contributed by atoms with van der Waals surface area (Å²) in [7, 11) is -3.69. The zero-order chi connectivity index (χ0) is 21.1. The Morgan fingerprint density at radius 2 is 1.33 bits per heavy atom. The zero-order valence-electron chi connectivity index (χ0n) is 16.5. The van der Waals surface area contributed by atoms with Gasteiger partial charge in [0, 0.05) is 70.4 Å². The van der Waals surface area contributed by atoms with E-state index in [2.05, 4.69) is 9.88 Å². The molecule has 160 valence electrons. The van der Waals surface area contributed by atoms with Crippen molar-refractivity contribution in [2.75, 3.05) is 57.3 Å². The standard InChI is InChI=1S/C20H24FN5O3S/c21-17-1-3-19(4-2-17)30(28,29)26-15-13-25(14-16-26)20(27)24-11-9-23(10-12-24)18-5-7-22-8-6-18/h1-8H,9-16H2. The highest BCUT2D eigenvalue weighted by atomic mass is 32.2. The molecule has 10 heteroatoms. The third-order valence-electron chi connectivity index (χ3n) is 5.54. The van der Waals surface area contributed by atoms with Crippen molar-refractivity contribution in [2.24, 2.45) is 0 Å². The lowest BCUT2D eigenvalue weighted by atomic mass is 10.2. The largest absolute Gasteiger partial charge is 0.368 e. The molecular weight excluding hydrogens is 409 g/mol. The van der Waals surface area contributed by atoms with Crippen molar-refractivity contribution in [3.8, 4) is 0 Å². The first kappa shape index (κ1) is 20.5. The normalized spacial score (nSPS) is 18.5. The van der Waals surface area contributed by atoms with Crippen LogP contribution in [0.15, 0.2) is 53.7 Å². The summed E-state index contributed by atoms with van der Waals surface area (Å²) >= 11 is 0. The summed E-state index contributed by atoms with van der Waals surface area (Å²) < 4.78 is 39.9. The minimum Gasteiger partial charge on any atom is -0.368 e. The van der Waals surface area contributed by atoms with Gasteiger partial charge in [0.2, 0.25) is 10.0 Å². The average molecular weight is 434 g/mol.